The topological polar surface area (TPSA) is 123 Å². The molecule has 0 aliphatic carbocycles. The predicted molar refractivity (Wildman–Crippen MR) is 95.5 cm³/mol. The molecule has 0 aliphatic rings. The first-order valence-corrected chi connectivity index (χ1v) is 6.70. The van der Waals surface area contributed by atoms with Gasteiger partial charge in [0.15, 0.2) is 12.4 Å². The van der Waals surface area contributed by atoms with E-state index in [0.717, 1.165) is 0 Å². The van der Waals surface area contributed by atoms with Crippen LogP contribution in [-0.4, -0.2) is 16.6 Å². The zero-order valence-electron chi connectivity index (χ0n) is 14.8. The van der Waals surface area contributed by atoms with E-state index >= 15 is 0 Å². The maximum Gasteiger partial charge on any atom is 0.286 e. The summed E-state index contributed by atoms with van der Waals surface area (Å²) in [7, 11) is 0. The van der Waals surface area contributed by atoms with Gasteiger partial charge in [-0.25, -0.2) is 0 Å². The normalized spacial score (nSPS) is 7.67. The minimum Gasteiger partial charge on any atom is -0.461 e. The van der Waals surface area contributed by atoms with Gasteiger partial charge in [-0.1, -0.05) is 12.0 Å². The van der Waals surface area contributed by atoms with Gasteiger partial charge in [0.05, 0.1) is 0 Å². The summed E-state index contributed by atoms with van der Waals surface area (Å²) in [5.74, 6) is 11.9. The maximum absolute atomic E-state index is 11.5. The second-order valence-corrected chi connectivity index (χ2v) is 5.21. The summed E-state index contributed by atoms with van der Waals surface area (Å²) in [6.07, 6.45) is 5.39. The van der Waals surface area contributed by atoms with Crippen LogP contribution in [0, 0.1) is 35.7 Å². The molecule has 0 saturated heterocycles. The van der Waals surface area contributed by atoms with E-state index in [0.29, 0.717) is 6.54 Å². The van der Waals surface area contributed by atoms with Crippen molar-refractivity contribution in [3.8, 4) is 35.7 Å². The molecule has 0 spiro atoms. The van der Waals surface area contributed by atoms with Crippen LogP contribution < -0.4 is 22.2 Å². The van der Waals surface area contributed by atoms with Gasteiger partial charge in [0.1, 0.15) is 6.11 Å². The zero-order chi connectivity index (χ0) is 16.8. The second-order valence-electron chi connectivity index (χ2n) is 5.21. The lowest BCUT2D eigenvalue weighted by molar-refractivity contribution is -0.684. The first-order valence-electron chi connectivity index (χ1n) is 6.70. The van der Waals surface area contributed by atoms with Gasteiger partial charge in [0.25, 0.3) is 5.91 Å². The van der Waals surface area contributed by atoms with E-state index in [1.165, 1.54) is 0 Å². The van der Waals surface area contributed by atoms with E-state index in [9.17, 15) is 4.79 Å². The summed E-state index contributed by atoms with van der Waals surface area (Å²) in [6.45, 7) is 7.97. The fourth-order valence-electron chi connectivity index (χ4n) is 1.32. The lowest BCUT2D eigenvalue weighted by Crippen LogP contribution is -2.48. The minimum absolute atomic E-state index is 0. The number of nitrogens with zero attached hydrogens (tertiary/aromatic N) is 1. The standard InChI is InChI=1S/C11H16N2O.C7H4O.2H3N/c1-11(2,3)12-10(14)9-13-7-5-4-6-8-13;1-2-3-4-5-6-7-8;;/h4-8H,9H2,1-3H3;8H,1H3;2*1H3/p+1. The quantitative estimate of drug-likeness (QED) is 0.485. The molecule has 0 radical (unpaired) electrons. The van der Waals surface area contributed by atoms with Crippen molar-refractivity contribution in [3.63, 3.8) is 0 Å². The van der Waals surface area contributed by atoms with Crippen LogP contribution in [0.15, 0.2) is 30.6 Å². The third-order valence-corrected chi connectivity index (χ3v) is 1.99. The number of carbonyl (C=O) groups excluding carboxylic acids is 1. The van der Waals surface area contributed by atoms with Crippen LogP contribution in [0.4, 0.5) is 0 Å². The van der Waals surface area contributed by atoms with Crippen LogP contribution in [0.3, 0.4) is 0 Å². The summed E-state index contributed by atoms with van der Waals surface area (Å²) in [6, 6.07) is 5.74. The highest BCUT2D eigenvalue weighted by molar-refractivity contribution is 5.75. The fourth-order valence-corrected chi connectivity index (χ4v) is 1.32. The number of amides is 1. The van der Waals surface area contributed by atoms with Crippen LogP contribution >= 0.6 is 0 Å². The molecule has 6 nitrogen and oxygen atoms in total. The third kappa shape index (κ3) is 17.1. The van der Waals surface area contributed by atoms with Gasteiger partial charge in [-0.05, 0) is 39.5 Å². The van der Waals surface area contributed by atoms with Gasteiger partial charge in [-0.15, -0.1) is 0 Å². The van der Waals surface area contributed by atoms with Crippen LogP contribution in [0.25, 0.3) is 0 Å². The van der Waals surface area contributed by atoms with E-state index in [2.05, 4.69) is 34.9 Å². The average Bonchev–Trinajstić information content (AvgIpc) is 2.43. The van der Waals surface area contributed by atoms with Crippen LogP contribution in [0.2, 0.25) is 0 Å². The highest BCUT2D eigenvalue weighted by Crippen LogP contribution is 1.97. The number of rotatable bonds is 2. The Hall–Kier alpha value is -2.98. The van der Waals surface area contributed by atoms with Crippen LogP contribution in [0.1, 0.15) is 27.7 Å². The molecule has 0 atom stereocenters. The van der Waals surface area contributed by atoms with Crippen molar-refractivity contribution in [1.29, 1.82) is 0 Å². The van der Waals surface area contributed by atoms with E-state index in [4.69, 9.17) is 5.11 Å². The minimum atomic E-state index is -0.160. The Morgan fingerprint density at radius 2 is 1.58 bits per heavy atom. The van der Waals surface area contributed by atoms with Gasteiger partial charge >= 0.3 is 0 Å². The smallest absolute Gasteiger partial charge is 0.286 e. The third-order valence-electron chi connectivity index (χ3n) is 1.99. The number of aliphatic hydroxyl groups is 1. The van der Waals surface area contributed by atoms with Crippen molar-refractivity contribution in [2.75, 3.05) is 0 Å². The van der Waals surface area contributed by atoms with Crippen molar-refractivity contribution in [1.82, 2.24) is 17.6 Å². The predicted octanol–water partition coefficient (Wildman–Crippen LogP) is 1.56. The van der Waals surface area contributed by atoms with Gasteiger partial charge < -0.3 is 22.7 Å². The Balaban J connectivity index is -0.000000386. The number of pyridine rings is 1. The van der Waals surface area contributed by atoms with E-state index in [1.807, 2.05) is 55.9 Å². The Labute approximate surface area is 144 Å². The Kier molecular flexibility index (Phi) is 16.1. The summed E-state index contributed by atoms with van der Waals surface area (Å²) >= 11 is 0. The van der Waals surface area contributed by atoms with Gasteiger partial charge in [-0.3, -0.25) is 4.79 Å². The van der Waals surface area contributed by atoms with Crippen molar-refractivity contribution in [2.24, 2.45) is 0 Å². The number of aliphatic hydroxyl groups excluding tert-OH is 1. The van der Waals surface area contributed by atoms with E-state index in [-0.39, 0.29) is 23.7 Å². The summed E-state index contributed by atoms with van der Waals surface area (Å²) in [5.41, 5.74) is -0.160. The zero-order valence-corrected chi connectivity index (χ0v) is 14.8. The highest BCUT2D eigenvalue weighted by atomic mass is 16.2. The molecular formula is C18H27N4O2+. The van der Waals surface area contributed by atoms with Gasteiger partial charge in [0.2, 0.25) is 6.54 Å². The molecule has 1 heterocycles. The molecule has 6 heteroatoms. The summed E-state index contributed by atoms with van der Waals surface area (Å²) in [5, 5.41) is 10.8. The molecule has 1 aromatic rings. The Morgan fingerprint density at radius 3 is 2.04 bits per heavy atom. The molecule has 1 rings (SSSR count). The highest BCUT2D eigenvalue weighted by Gasteiger charge is 2.16. The average molecular weight is 331 g/mol. The number of hydrogen-bond donors (Lipinski definition) is 4. The molecule has 1 amide bonds. The summed E-state index contributed by atoms with van der Waals surface area (Å²) in [4.78, 5) is 11.5. The van der Waals surface area contributed by atoms with Crippen molar-refractivity contribution >= 4 is 5.91 Å². The Morgan fingerprint density at radius 1 is 1.04 bits per heavy atom. The fraction of sp³-hybridized carbons (Fsp3) is 0.333. The number of carbonyl (C=O) groups is 1. The number of hydrogen-bond acceptors (Lipinski definition) is 4. The largest absolute Gasteiger partial charge is 0.461 e. The molecule has 0 unspecified atom stereocenters. The van der Waals surface area contributed by atoms with E-state index < -0.39 is 0 Å². The summed E-state index contributed by atoms with van der Waals surface area (Å²) < 4.78 is 1.85. The first-order chi connectivity index (χ1) is 10.4. The Bertz CT molecular complexity index is 621. The molecule has 0 bridgehead atoms. The first kappa shape index (κ1) is 25.9. The molecule has 1 aromatic heterocycles. The maximum atomic E-state index is 11.5. The second kappa shape index (κ2) is 14.9. The lowest BCUT2D eigenvalue weighted by atomic mass is 10.1. The number of nitrogens with one attached hydrogen (secondary N) is 1. The van der Waals surface area contributed by atoms with Crippen LogP contribution in [0.5, 0.6) is 0 Å². The SMILES string of the molecule is CC#CC#CC#CO.CC(C)(C)NC(=O)C[n+]1ccccc1.N.N. The molecular weight excluding hydrogens is 304 g/mol. The molecule has 0 saturated carbocycles. The molecule has 130 valence electrons. The van der Waals surface area contributed by atoms with Crippen molar-refractivity contribution in [2.45, 2.75) is 39.8 Å². The van der Waals surface area contributed by atoms with E-state index in [1.54, 1.807) is 13.0 Å². The number of aromatic nitrogens is 1. The van der Waals surface area contributed by atoms with Crippen LogP contribution in [-0.2, 0) is 11.3 Å². The lowest BCUT2D eigenvalue weighted by Gasteiger charge is -2.19. The van der Waals surface area contributed by atoms with Crippen molar-refractivity contribution in [3.05, 3.63) is 30.6 Å². The molecule has 8 N–H and O–H groups in total. The monoisotopic (exact) mass is 331 g/mol. The molecule has 0 aliphatic heterocycles. The molecule has 24 heavy (non-hydrogen) atoms. The molecule has 0 fully saturated rings. The molecule has 0 aromatic carbocycles. The van der Waals surface area contributed by atoms with Gasteiger partial charge in [-0.2, -0.15) is 4.57 Å². The van der Waals surface area contributed by atoms with Gasteiger partial charge in [0, 0.05) is 29.5 Å². The van der Waals surface area contributed by atoms with Crippen molar-refractivity contribution < 1.29 is 14.5 Å².